The van der Waals surface area contributed by atoms with Crippen LogP contribution in [0.25, 0.3) is 10.9 Å². The second-order valence-electron chi connectivity index (χ2n) is 5.03. The van der Waals surface area contributed by atoms with Crippen molar-refractivity contribution < 1.29 is 13.9 Å². The molecule has 0 saturated carbocycles. The van der Waals surface area contributed by atoms with Crippen molar-refractivity contribution in [2.75, 3.05) is 7.11 Å². The van der Waals surface area contributed by atoms with Crippen LogP contribution in [0.4, 0.5) is 0 Å². The van der Waals surface area contributed by atoms with E-state index in [1.54, 1.807) is 37.8 Å². The molecule has 3 rings (SSSR count). The molecule has 1 atom stereocenters. The summed E-state index contributed by atoms with van der Waals surface area (Å²) in [5.74, 6) is 0.954. The van der Waals surface area contributed by atoms with Gasteiger partial charge in [-0.25, -0.2) is 0 Å². The van der Waals surface area contributed by atoms with E-state index in [0.717, 1.165) is 5.39 Å². The van der Waals surface area contributed by atoms with Gasteiger partial charge in [-0.15, -0.1) is 0 Å². The molecule has 118 valence electrons. The van der Waals surface area contributed by atoms with Crippen LogP contribution in [0.3, 0.4) is 0 Å². The molecule has 2 heterocycles. The molecule has 2 aromatic heterocycles. The number of furan rings is 1. The number of aromatic nitrogens is 1. The maximum absolute atomic E-state index is 11.6. The number of nitrogens with one attached hydrogen (secondary N) is 1. The number of fused-ring (bicyclic) bond motifs is 1. The number of benzene rings is 1. The first-order valence-electron chi connectivity index (χ1n) is 7.03. The van der Waals surface area contributed by atoms with Crippen molar-refractivity contribution in [3.8, 4) is 5.75 Å². The predicted molar refractivity (Wildman–Crippen MR) is 87.7 cm³/mol. The highest BCUT2D eigenvalue weighted by atomic mass is 35.5. The van der Waals surface area contributed by atoms with Crippen LogP contribution in [-0.4, -0.2) is 18.0 Å². The lowest BCUT2D eigenvalue weighted by molar-refractivity contribution is -0.119. The van der Waals surface area contributed by atoms with E-state index in [-0.39, 0.29) is 5.91 Å². The Labute approximate surface area is 138 Å². The second-order valence-corrected chi connectivity index (χ2v) is 5.44. The van der Waals surface area contributed by atoms with Gasteiger partial charge in [0.05, 0.1) is 18.4 Å². The van der Waals surface area contributed by atoms with Gasteiger partial charge >= 0.3 is 0 Å². The fraction of sp³-hybridized carbons (Fsp3) is 0.176. The van der Waals surface area contributed by atoms with Gasteiger partial charge in [-0.3, -0.25) is 9.78 Å². The molecule has 1 unspecified atom stereocenters. The molecule has 1 amide bonds. The molecule has 0 radical (unpaired) electrons. The maximum Gasteiger partial charge on any atom is 0.217 e. The van der Waals surface area contributed by atoms with Crippen LogP contribution in [-0.2, 0) is 4.79 Å². The number of ether oxygens (including phenoxy) is 1. The van der Waals surface area contributed by atoms with Gasteiger partial charge in [0.25, 0.3) is 0 Å². The summed E-state index contributed by atoms with van der Waals surface area (Å²) in [6, 6.07) is 8.49. The number of amides is 1. The molecule has 0 aliphatic rings. The zero-order valence-corrected chi connectivity index (χ0v) is 13.4. The number of carbonyl (C=O) groups excluding carboxylic acids is 1. The highest BCUT2D eigenvalue weighted by molar-refractivity contribution is 6.35. The largest absolute Gasteiger partial charge is 0.494 e. The molecule has 5 nitrogen and oxygen atoms in total. The van der Waals surface area contributed by atoms with Gasteiger partial charge in [-0.2, -0.15) is 0 Å². The molecule has 3 aromatic rings. The Balaban J connectivity index is 2.25. The van der Waals surface area contributed by atoms with Gasteiger partial charge in [0.15, 0.2) is 5.75 Å². The summed E-state index contributed by atoms with van der Waals surface area (Å²) in [5.41, 5.74) is 1.33. The lowest BCUT2D eigenvalue weighted by Gasteiger charge is -2.20. The second kappa shape index (κ2) is 6.30. The number of carbonyl (C=O) groups is 1. The number of nitrogens with zero attached hydrogens (tertiary/aromatic N) is 1. The van der Waals surface area contributed by atoms with Gasteiger partial charge in [0, 0.05) is 24.1 Å². The van der Waals surface area contributed by atoms with E-state index in [1.165, 1.54) is 6.92 Å². The Morgan fingerprint density at radius 3 is 2.87 bits per heavy atom. The quantitative estimate of drug-likeness (QED) is 0.792. The third-order valence-corrected chi connectivity index (χ3v) is 3.83. The third kappa shape index (κ3) is 2.87. The van der Waals surface area contributed by atoms with E-state index in [9.17, 15) is 4.79 Å². The highest BCUT2D eigenvalue weighted by Crippen LogP contribution is 2.39. The summed E-state index contributed by atoms with van der Waals surface area (Å²) in [6.45, 7) is 1.45. The van der Waals surface area contributed by atoms with Crippen LogP contribution >= 0.6 is 11.6 Å². The Hall–Kier alpha value is -2.53. The summed E-state index contributed by atoms with van der Waals surface area (Å²) >= 11 is 6.39. The summed E-state index contributed by atoms with van der Waals surface area (Å²) in [6.07, 6.45) is 3.22. The minimum absolute atomic E-state index is 0.189. The monoisotopic (exact) mass is 330 g/mol. The first-order chi connectivity index (χ1) is 11.1. The summed E-state index contributed by atoms with van der Waals surface area (Å²) in [5, 5.41) is 4.19. The van der Waals surface area contributed by atoms with Gasteiger partial charge in [0.1, 0.15) is 17.3 Å². The zero-order chi connectivity index (χ0) is 16.4. The molecule has 6 heteroatoms. The Bertz CT molecular complexity index is 846. The van der Waals surface area contributed by atoms with E-state index >= 15 is 0 Å². The smallest absolute Gasteiger partial charge is 0.217 e. The molecular weight excluding hydrogens is 316 g/mol. The lowest BCUT2D eigenvalue weighted by Crippen LogP contribution is -2.27. The lowest BCUT2D eigenvalue weighted by atomic mass is 10.0. The Morgan fingerprint density at radius 1 is 1.39 bits per heavy atom. The fourth-order valence-corrected chi connectivity index (χ4v) is 2.86. The molecule has 0 spiro atoms. The van der Waals surface area contributed by atoms with E-state index in [0.29, 0.717) is 27.6 Å². The number of hydrogen-bond donors (Lipinski definition) is 1. The third-order valence-electron chi connectivity index (χ3n) is 3.51. The topological polar surface area (TPSA) is 64.4 Å². The normalized spacial score (nSPS) is 12.1. The standard InChI is InChI=1S/C17H15ClN2O3/c1-10(21)20-15(14-6-4-8-23-14)12-9-13(18)11-5-3-7-19-16(11)17(12)22-2/h3-9,15H,1-2H3,(H,20,21). The molecule has 0 aliphatic carbocycles. The van der Waals surface area contributed by atoms with Crippen molar-refractivity contribution in [1.82, 2.24) is 10.3 Å². The zero-order valence-electron chi connectivity index (χ0n) is 12.7. The van der Waals surface area contributed by atoms with Gasteiger partial charge in [-0.05, 0) is 30.3 Å². The number of halogens is 1. The Morgan fingerprint density at radius 2 is 2.22 bits per heavy atom. The molecule has 23 heavy (non-hydrogen) atoms. The average molecular weight is 331 g/mol. The van der Waals surface area contributed by atoms with Crippen LogP contribution in [0.1, 0.15) is 24.3 Å². The van der Waals surface area contributed by atoms with Gasteiger partial charge in [-0.1, -0.05) is 11.6 Å². The highest BCUT2D eigenvalue weighted by Gasteiger charge is 2.25. The molecule has 0 aliphatic heterocycles. The van der Waals surface area contributed by atoms with Crippen molar-refractivity contribution in [3.05, 3.63) is 59.1 Å². The number of rotatable bonds is 4. The SMILES string of the molecule is COc1c(C(NC(C)=O)c2ccco2)cc(Cl)c2cccnc12. The van der Waals surface area contributed by atoms with Crippen LogP contribution < -0.4 is 10.1 Å². The van der Waals surface area contributed by atoms with Crippen LogP contribution in [0.2, 0.25) is 5.02 Å². The van der Waals surface area contributed by atoms with Gasteiger partial charge < -0.3 is 14.5 Å². The molecule has 0 fully saturated rings. The summed E-state index contributed by atoms with van der Waals surface area (Å²) in [7, 11) is 1.56. The number of hydrogen-bond acceptors (Lipinski definition) is 4. The Kier molecular flexibility index (Phi) is 4.21. The number of pyridine rings is 1. The van der Waals surface area contributed by atoms with E-state index in [2.05, 4.69) is 10.3 Å². The van der Waals surface area contributed by atoms with Crippen LogP contribution in [0.15, 0.2) is 47.2 Å². The molecule has 1 N–H and O–H groups in total. The molecular formula is C17H15ClN2O3. The maximum atomic E-state index is 11.6. The van der Waals surface area contributed by atoms with Crippen molar-refractivity contribution >= 4 is 28.4 Å². The first kappa shape index (κ1) is 15.4. The summed E-state index contributed by atoms with van der Waals surface area (Å²) < 4.78 is 11.0. The van der Waals surface area contributed by atoms with E-state index in [1.807, 2.05) is 12.1 Å². The summed E-state index contributed by atoms with van der Waals surface area (Å²) in [4.78, 5) is 16.0. The van der Waals surface area contributed by atoms with Crippen LogP contribution in [0, 0.1) is 0 Å². The minimum atomic E-state index is -0.513. The van der Waals surface area contributed by atoms with Crippen molar-refractivity contribution in [1.29, 1.82) is 0 Å². The molecule has 0 saturated heterocycles. The van der Waals surface area contributed by atoms with Crippen molar-refractivity contribution in [2.24, 2.45) is 0 Å². The first-order valence-corrected chi connectivity index (χ1v) is 7.41. The van der Waals surface area contributed by atoms with E-state index in [4.69, 9.17) is 20.8 Å². The molecule has 1 aromatic carbocycles. The van der Waals surface area contributed by atoms with E-state index < -0.39 is 6.04 Å². The van der Waals surface area contributed by atoms with Crippen LogP contribution in [0.5, 0.6) is 5.75 Å². The molecule has 0 bridgehead atoms. The average Bonchev–Trinajstić information content (AvgIpc) is 3.06. The van der Waals surface area contributed by atoms with Crippen molar-refractivity contribution in [3.63, 3.8) is 0 Å². The minimum Gasteiger partial charge on any atom is -0.494 e. The fourth-order valence-electron chi connectivity index (χ4n) is 2.59. The van der Waals surface area contributed by atoms with Crippen molar-refractivity contribution in [2.45, 2.75) is 13.0 Å². The number of methoxy groups -OCH3 is 1. The van der Waals surface area contributed by atoms with Gasteiger partial charge in [0.2, 0.25) is 5.91 Å². The predicted octanol–water partition coefficient (Wildman–Crippen LogP) is 3.72.